The van der Waals surface area contributed by atoms with Crippen molar-refractivity contribution in [3.8, 4) is 11.5 Å². The SMILES string of the molecule is C[C@H]1C(=O)N(Cc2ccc3c(c2)OCO3)C[C@H]2N1C(=O)CN(C)N2C(=O)NCc1ccccc1. The number of fused-ring (bicyclic) bond motifs is 2. The van der Waals surface area contributed by atoms with Crippen LogP contribution in [0.2, 0.25) is 0 Å². The highest BCUT2D eigenvalue weighted by molar-refractivity contribution is 5.91. The summed E-state index contributed by atoms with van der Waals surface area (Å²) in [6.45, 7) is 2.81. The predicted molar refractivity (Wildman–Crippen MR) is 121 cm³/mol. The Morgan fingerprint density at radius 2 is 1.82 bits per heavy atom. The van der Waals surface area contributed by atoms with E-state index in [1.54, 1.807) is 28.9 Å². The monoisotopic (exact) mass is 465 g/mol. The van der Waals surface area contributed by atoms with Crippen molar-refractivity contribution in [3.05, 3.63) is 59.7 Å². The van der Waals surface area contributed by atoms with Crippen LogP contribution in [0.25, 0.3) is 0 Å². The molecule has 3 aliphatic heterocycles. The molecule has 0 aliphatic carbocycles. The zero-order valence-electron chi connectivity index (χ0n) is 19.1. The van der Waals surface area contributed by atoms with Gasteiger partial charge in [0.15, 0.2) is 11.5 Å². The molecule has 1 N–H and O–H groups in total. The van der Waals surface area contributed by atoms with Crippen molar-refractivity contribution in [2.24, 2.45) is 0 Å². The van der Waals surface area contributed by atoms with Crippen molar-refractivity contribution in [3.63, 3.8) is 0 Å². The zero-order chi connectivity index (χ0) is 23.8. The number of nitrogens with zero attached hydrogens (tertiary/aromatic N) is 4. The van der Waals surface area contributed by atoms with Gasteiger partial charge >= 0.3 is 6.03 Å². The van der Waals surface area contributed by atoms with E-state index in [9.17, 15) is 14.4 Å². The summed E-state index contributed by atoms with van der Waals surface area (Å²) in [5, 5.41) is 6.10. The van der Waals surface area contributed by atoms with Gasteiger partial charge in [-0.25, -0.2) is 14.8 Å². The minimum atomic E-state index is -0.682. The summed E-state index contributed by atoms with van der Waals surface area (Å²) in [5.41, 5.74) is 1.86. The molecule has 0 bridgehead atoms. The van der Waals surface area contributed by atoms with Crippen LogP contribution in [0.3, 0.4) is 0 Å². The number of carbonyl (C=O) groups is 3. The normalized spacial score (nSPS) is 22.1. The first-order valence-electron chi connectivity index (χ1n) is 11.2. The number of rotatable bonds is 4. The zero-order valence-corrected chi connectivity index (χ0v) is 19.1. The Morgan fingerprint density at radius 1 is 1.06 bits per heavy atom. The minimum Gasteiger partial charge on any atom is -0.454 e. The van der Waals surface area contributed by atoms with Crippen LogP contribution in [0.1, 0.15) is 18.1 Å². The number of urea groups is 1. The van der Waals surface area contributed by atoms with E-state index in [1.165, 1.54) is 4.90 Å². The lowest BCUT2D eigenvalue weighted by molar-refractivity contribution is -0.186. The number of ether oxygens (including phenoxy) is 2. The van der Waals surface area contributed by atoms with Crippen LogP contribution in [0.5, 0.6) is 11.5 Å². The van der Waals surface area contributed by atoms with Gasteiger partial charge in [0.25, 0.3) is 0 Å². The van der Waals surface area contributed by atoms with Crippen molar-refractivity contribution in [2.75, 3.05) is 26.9 Å². The van der Waals surface area contributed by atoms with Gasteiger partial charge in [-0.15, -0.1) is 0 Å². The molecule has 5 rings (SSSR count). The first-order valence-corrected chi connectivity index (χ1v) is 11.2. The average molecular weight is 466 g/mol. The maximum absolute atomic E-state index is 13.2. The Kier molecular flexibility index (Phi) is 5.74. The van der Waals surface area contributed by atoms with E-state index < -0.39 is 12.2 Å². The van der Waals surface area contributed by atoms with Crippen molar-refractivity contribution >= 4 is 17.8 Å². The van der Waals surface area contributed by atoms with Crippen LogP contribution >= 0.6 is 0 Å². The number of nitrogens with one attached hydrogen (secondary N) is 1. The standard InChI is InChI=1S/C24H27N5O5/c1-16-23(31)27(12-18-8-9-19-20(10-18)34-15-33-19)13-21-28(16)22(30)14-26(2)29(21)24(32)25-11-17-6-4-3-5-7-17/h3-10,16,21H,11-15H2,1-2H3,(H,25,32)/t16-,21-/m0/s1. The molecule has 2 aromatic rings. The lowest BCUT2D eigenvalue weighted by Gasteiger charge is -2.53. The van der Waals surface area contributed by atoms with E-state index in [-0.39, 0.29) is 37.7 Å². The lowest BCUT2D eigenvalue weighted by Crippen LogP contribution is -2.75. The lowest BCUT2D eigenvalue weighted by atomic mass is 10.1. The van der Waals surface area contributed by atoms with E-state index in [1.807, 2.05) is 48.5 Å². The van der Waals surface area contributed by atoms with Gasteiger partial charge in [-0.3, -0.25) is 9.59 Å². The molecule has 0 aromatic heterocycles. The molecule has 3 heterocycles. The number of benzene rings is 2. The number of hydrogen-bond acceptors (Lipinski definition) is 6. The molecule has 0 spiro atoms. The topological polar surface area (TPSA) is 94.7 Å². The summed E-state index contributed by atoms with van der Waals surface area (Å²) in [7, 11) is 1.71. The van der Waals surface area contributed by atoms with Gasteiger partial charge in [0.05, 0.1) is 13.1 Å². The number of hydrogen-bond donors (Lipinski definition) is 1. The van der Waals surface area contributed by atoms with Crippen LogP contribution in [0.15, 0.2) is 48.5 Å². The maximum Gasteiger partial charge on any atom is 0.334 e. The molecular formula is C24H27N5O5. The second-order valence-electron chi connectivity index (χ2n) is 8.67. The first kappa shape index (κ1) is 22.0. The molecule has 34 heavy (non-hydrogen) atoms. The van der Waals surface area contributed by atoms with Crippen LogP contribution in [0.4, 0.5) is 4.79 Å². The summed E-state index contributed by atoms with van der Waals surface area (Å²) in [6, 6.07) is 14.2. The Morgan fingerprint density at radius 3 is 2.62 bits per heavy atom. The van der Waals surface area contributed by atoms with Crippen LogP contribution in [-0.4, -0.2) is 76.8 Å². The molecule has 3 aliphatic rings. The Labute approximate surface area is 197 Å². The Bertz CT molecular complexity index is 1110. The molecule has 2 atom stereocenters. The number of carbonyl (C=O) groups excluding carboxylic acids is 3. The fourth-order valence-corrected chi connectivity index (χ4v) is 4.72. The molecule has 0 saturated carbocycles. The summed E-state index contributed by atoms with van der Waals surface area (Å²) in [6.07, 6.45) is -0.608. The van der Waals surface area contributed by atoms with Gasteiger partial charge in [-0.1, -0.05) is 36.4 Å². The van der Waals surface area contributed by atoms with Crippen molar-refractivity contribution < 1.29 is 23.9 Å². The number of likely N-dealkylation sites (N-methyl/N-ethyl adjacent to an activating group) is 1. The van der Waals surface area contributed by atoms with Gasteiger partial charge in [0.1, 0.15) is 12.2 Å². The van der Waals surface area contributed by atoms with Gasteiger partial charge in [0, 0.05) is 20.1 Å². The second kappa shape index (κ2) is 8.86. The third kappa shape index (κ3) is 4.01. The van der Waals surface area contributed by atoms with Gasteiger partial charge in [-0.2, -0.15) is 0 Å². The fraction of sp³-hybridized carbons (Fsp3) is 0.375. The third-order valence-corrected chi connectivity index (χ3v) is 6.40. The molecule has 10 nitrogen and oxygen atoms in total. The molecule has 0 radical (unpaired) electrons. The second-order valence-corrected chi connectivity index (χ2v) is 8.67. The summed E-state index contributed by atoms with van der Waals surface area (Å²) in [5.74, 6) is 0.986. The Balaban J connectivity index is 1.36. The van der Waals surface area contributed by atoms with E-state index >= 15 is 0 Å². The van der Waals surface area contributed by atoms with Gasteiger partial charge in [0.2, 0.25) is 18.6 Å². The predicted octanol–water partition coefficient (Wildman–Crippen LogP) is 1.37. The molecule has 2 fully saturated rings. The highest BCUT2D eigenvalue weighted by atomic mass is 16.7. The average Bonchev–Trinajstić information content (AvgIpc) is 3.29. The molecular weight excluding hydrogens is 438 g/mol. The van der Waals surface area contributed by atoms with E-state index in [0.717, 1.165) is 11.1 Å². The van der Waals surface area contributed by atoms with E-state index in [2.05, 4.69) is 5.32 Å². The third-order valence-electron chi connectivity index (χ3n) is 6.40. The van der Waals surface area contributed by atoms with Crippen molar-refractivity contribution in [1.29, 1.82) is 0 Å². The van der Waals surface area contributed by atoms with Crippen molar-refractivity contribution in [2.45, 2.75) is 32.2 Å². The highest BCUT2D eigenvalue weighted by Gasteiger charge is 2.49. The first-order chi connectivity index (χ1) is 16.4. The summed E-state index contributed by atoms with van der Waals surface area (Å²) in [4.78, 5) is 42.5. The summed E-state index contributed by atoms with van der Waals surface area (Å²) < 4.78 is 10.8. The van der Waals surface area contributed by atoms with Gasteiger partial charge in [-0.05, 0) is 30.2 Å². The fourth-order valence-electron chi connectivity index (χ4n) is 4.72. The largest absolute Gasteiger partial charge is 0.454 e. The number of amides is 4. The van der Waals surface area contributed by atoms with E-state index in [4.69, 9.17) is 9.47 Å². The molecule has 0 unspecified atom stereocenters. The van der Waals surface area contributed by atoms with Crippen LogP contribution < -0.4 is 14.8 Å². The van der Waals surface area contributed by atoms with Gasteiger partial charge < -0.3 is 24.6 Å². The molecule has 4 amide bonds. The quantitative estimate of drug-likeness (QED) is 0.733. The smallest absolute Gasteiger partial charge is 0.334 e. The molecule has 2 saturated heterocycles. The van der Waals surface area contributed by atoms with E-state index in [0.29, 0.717) is 24.6 Å². The minimum absolute atomic E-state index is 0.0229. The Hall–Kier alpha value is -3.79. The summed E-state index contributed by atoms with van der Waals surface area (Å²) >= 11 is 0. The van der Waals surface area contributed by atoms with Crippen LogP contribution in [0, 0.1) is 0 Å². The van der Waals surface area contributed by atoms with Crippen molar-refractivity contribution in [1.82, 2.24) is 25.1 Å². The highest BCUT2D eigenvalue weighted by Crippen LogP contribution is 2.33. The maximum atomic E-state index is 13.2. The molecule has 2 aromatic carbocycles. The number of piperazine rings is 1. The molecule has 178 valence electrons. The molecule has 10 heteroatoms. The van der Waals surface area contributed by atoms with Crippen LogP contribution in [-0.2, 0) is 22.7 Å². The number of hydrazine groups is 1.